The molecule has 4 heteroatoms. The Morgan fingerprint density at radius 1 is 0.542 bits per heavy atom. The quantitative estimate of drug-likeness (QED) is 0.173. The first-order valence-corrected chi connectivity index (χ1v) is 8.84. The summed E-state index contributed by atoms with van der Waals surface area (Å²) < 4.78 is 2.15. The Hall–Kier alpha value is 0.600. The number of aryl methyl sites for hydroxylation is 2. The predicted molar refractivity (Wildman–Crippen MR) is 98.1 cm³/mol. The van der Waals surface area contributed by atoms with E-state index in [1.165, 1.54) is 62.7 Å². The van der Waals surface area contributed by atoms with Crippen molar-refractivity contribution in [1.29, 1.82) is 0 Å². The zero-order chi connectivity index (χ0) is 16.6. The fraction of sp³-hybridized carbons (Fsp3) is 0.700. The molecule has 0 unspecified atom stereocenters. The Balaban J connectivity index is 0. The Kier molecular flexibility index (Phi) is 14.4. The van der Waals surface area contributed by atoms with Crippen LogP contribution in [-0.2, 0) is 12.8 Å². The SMILES string of the molecule is C[N+](C)(C)CCCCc1ccc(CCCC[N+](C)(C)C)cc1.[I-].[I-]. The van der Waals surface area contributed by atoms with Gasteiger partial charge in [0.25, 0.3) is 0 Å². The molecule has 0 atom stereocenters. The van der Waals surface area contributed by atoms with E-state index in [1.54, 1.807) is 0 Å². The maximum atomic E-state index is 2.33. The summed E-state index contributed by atoms with van der Waals surface area (Å²) in [5, 5.41) is 0. The summed E-state index contributed by atoms with van der Waals surface area (Å²) in [6.45, 7) is 2.54. The summed E-state index contributed by atoms with van der Waals surface area (Å²) in [7, 11) is 13.6. The van der Waals surface area contributed by atoms with E-state index in [4.69, 9.17) is 0 Å². The number of hydrogen-bond acceptors (Lipinski definition) is 0. The monoisotopic (exact) mass is 560 g/mol. The van der Waals surface area contributed by atoms with Crippen molar-refractivity contribution in [2.75, 3.05) is 55.4 Å². The highest BCUT2D eigenvalue weighted by molar-refractivity contribution is 5.22. The zero-order valence-corrected chi connectivity index (χ0v) is 20.9. The normalized spacial score (nSPS) is 11.6. The van der Waals surface area contributed by atoms with Gasteiger partial charge >= 0.3 is 0 Å². The van der Waals surface area contributed by atoms with Gasteiger partial charge in [-0.3, -0.25) is 0 Å². The van der Waals surface area contributed by atoms with Crippen molar-refractivity contribution in [2.45, 2.75) is 38.5 Å². The fourth-order valence-corrected chi connectivity index (χ4v) is 2.70. The molecule has 0 saturated heterocycles. The highest BCUT2D eigenvalue weighted by Crippen LogP contribution is 2.11. The minimum Gasteiger partial charge on any atom is -1.00 e. The zero-order valence-electron chi connectivity index (χ0n) is 16.6. The van der Waals surface area contributed by atoms with Crippen molar-refractivity contribution >= 4 is 0 Å². The molecule has 0 aliphatic heterocycles. The van der Waals surface area contributed by atoms with Crippen LogP contribution in [0, 0.1) is 0 Å². The topological polar surface area (TPSA) is 0 Å². The maximum Gasteiger partial charge on any atom is 0.0780 e. The van der Waals surface area contributed by atoms with Crippen molar-refractivity contribution in [3.05, 3.63) is 35.4 Å². The average Bonchev–Trinajstić information content (AvgIpc) is 2.39. The van der Waals surface area contributed by atoms with E-state index in [1.807, 2.05) is 0 Å². The van der Waals surface area contributed by atoms with Gasteiger partial charge in [-0.2, -0.15) is 0 Å². The smallest absolute Gasteiger partial charge is 0.0780 e. The molecule has 0 aliphatic carbocycles. The van der Waals surface area contributed by atoms with Gasteiger partial charge in [-0.1, -0.05) is 24.3 Å². The Bertz CT molecular complexity index is 376. The molecule has 1 aromatic carbocycles. The molecule has 0 N–H and O–H groups in total. The third kappa shape index (κ3) is 14.9. The molecule has 0 amide bonds. The third-order valence-electron chi connectivity index (χ3n) is 4.11. The first-order valence-electron chi connectivity index (χ1n) is 8.84. The predicted octanol–water partition coefficient (Wildman–Crippen LogP) is -2.25. The first-order chi connectivity index (χ1) is 10.2. The molecule has 0 heterocycles. The maximum absolute atomic E-state index is 2.33. The second-order valence-corrected chi connectivity index (χ2v) is 8.76. The fourth-order valence-electron chi connectivity index (χ4n) is 2.70. The van der Waals surface area contributed by atoms with E-state index in [9.17, 15) is 0 Å². The van der Waals surface area contributed by atoms with Crippen molar-refractivity contribution in [1.82, 2.24) is 0 Å². The van der Waals surface area contributed by atoms with Crippen molar-refractivity contribution in [3.63, 3.8) is 0 Å². The highest BCUT2D eigenvalue weighted by Gasteiger charge is 2.07. The van der Waals surface area contributed by atoms with Crippen LogP contribution in [0.3, 0.4) is 0 Å². The van der Waals surface area contributed by atoms with Crippen LogP contribution in [0.2, 0.25) is 0 Å². The summed E-state index contributed by atoms with van der Waals surface area (Å²) in [5.41, 5.74) is 2.99. The summed E-state index contributed by atoms with van der Waals surface area (Å²) in [6, 6.07) is 9.34. The van der Waals surface area contributed by atoms with Gasteiger partial charge in [0, 0.05) is 0 Å². The second kappa shape index (κ2) is 12.9. The van der Waals surface area contributed by atoms with Gasteiger partial charge in [0.1, 0.15) is 0 Å². The molecule has 0 bridgehead atoms. The van der Waals surface area contributed by atoms with Crippen LogP contribution in [0.25, 0.3) is 0 Å². The average molecular weight is 560 g/mol. The van der Waals surface area contributed by atoms with Crippen molar-refractivity contribution in [3.8, 4) is 0 Å². The number of nitrogens with zero attached hydrogens (tertiary/aromatic N) is 2. The van der Waals surface area contributed by atoms with Crippen LogP contribution in [0.4, 0.5) is 0 Å². The van der Waals surface area contributed by atoms with Gasteiger partial charge in [0.15, 0.2) is 0 Å². The molecular weight excluding hydrogens is 522 g/mol. The molecule has 1 rings (SSSR count). The molecule has 2 nitrogen and oxygen atoms in total. The van der Waals surface area contributed by atoms with Crippen molar-refractivity contribution in [2.24, 2.45) is 0 Å². The van der Waals surface area contributed by atoms with E-state index >= 15 is 0 Å². The van der Waals surface area contributed by atoms with Crippen LogP contribution in [-0.4, -0.2) is 64.3 Å². The third-order valence-corrected chi connectivity index (χ3v) is 4.11. The Morgan fingerprint density at radius 3 is 1.08 bits per heavy atom. The molecular formula is C20H38I2N2. The second-order valence-electron chi connectivity index (χ2n) is 8.76. The van der Waals surface area contributed by atoms with E-state index in [0.29, 0.717) is 0 Å². The summed E-state index contributed by atoms with van der Waals surface area (Å²) in [6.07, 6.45) is 7.69. The molecule has 0 saturated carbocycles. The first kappa shape index (κ1) is 26.8. The summed E-state index contributed by atoms with van der Waals surface area (Å²) in [5.74, 6) is 0. The lowest BCUT2D eigenvalue weighted by molar-refractivity contribution is -0.870. The number of halogens is 2. The summed E-state index contributed by atoms with van der Waals surface area (Å²) in [4.78, 5) is 0. The van der Waals surface area contributed by atoms with Gasteiger partial charge in [0.05, 0.1) is 55.4 Å². The van der Waals surface area contributed by atoms with E-state index in [-0.39, 0.29) is 48.0 Å². The molecule has 0 radical (unpaired) electrons. The molecule has 24 heavy (non-hydrogen) atoms. The van der Waals surface area contributed by atoms with Gasteiger partial charge in [0.2, 0.25) is 0 Å². The van der Waals surface area contributed by atoms with Gasteiger partial charge in [-0.05, 0) is 49.7 Å². The van der Waals surface area contributed by atoms with Crippen molar-refractivity contribution < 1.29 is 56.9 Å². The molecule has 1 aromatic rings. The Morgan fingerprint density at radius 2 is 0.833 bits per heavy atom. The molecule has 0 spiro atoms. The molecule has 0 aliphatic rings. The molecule has 142 valence electrons. The lowest BCUT2D eigenvalue weighted by atomic mass is 10.0. The number of unbranched alkanes of at least 4 members (excludes halogenated alkanes) is 2. The number of quaternary nitrogens is 2. The van der Waals surface area contributed by atoms with E-state index in [0.717, 1.165) is 8.97 Å². The highest BCUT2D eigenvalue weighted by atomic mass is 127. The number of rotatable bonds is 10. The van der Waals surface area contributed by atoms with Crippen LogP contribution < -0.4 is 48.0 Å². The van der Waals surface area contributed by atoms with Crippen LogP contribution in [0.1, 0.15) is 36.8 Å². The van der Waals surface area contributed by atoms with Gasteiger partial charge in [-0.25, -0.2) is 0 Å². The van der Waals surface area contributed by atoms with E-state index in [2.05, 4.69) is 66.6 Å². The minimum absolute atomic E-state index is 0. The largest absolute Gasteiger partial charge is 1.00 e. The van der Waals surface area contributed by atoms with Crippen LogP contribution >= 0.6 is 0 Å². The number of hydrogen-bond donors (Lipinski definition) is 0. The van der Waals surface area contributed by atoms with Crippen LogP contribution in [0.5, 0.6) is 0 Å². The Labute approximate surface area is 185 Å². The number of benzene rings is 1. The van der Waals surface area contributed by atoms with Crippen LogP contribution in [0.15, 0.2) is 24.3 Å². The van der Waals surface area contributed by atoms with E-state index < -0.39 is 0 Å². The standard InChI is InChI=1S/C20H38N2.2HI/c1-21(2,3)17-9-7-11-19-13-15-20(16-14-19)12-8-10-18-22(4,5)6;;/h13-16H,7-12,17-18H2,1-6H3;2*1H/q+2;;/p-2. The van der Waals surface area contributed by atoms with Gasteiger partial charge < -0.3 is 56.9 Å². The minimum atomic E-state index is 0. The lowest BCUT2D eigenvalue weighted by Crippen LogP contribution is -3.00. The lowest BCUT2D eigenvalue weighted by Gasteiger charge is -2.23. The van der Waals surface area contributed by atoms with Gasteiger partial charge in [-0.15, -0.1) is 0 Å². The summed E-state index contributed by atoms with van der Waals surface area (Å²) >= 11 is 0. The molecule has 0 aromatic heterocycles. The molecule has 0 fully saturated rings.